The van der Waals surface area contributed by atoms with Crippen molar-refractivity contribution in [3.63, 3.8) is 0 Å². The average Bonchev–Trinajstić information content (AvgIpc) is 2.47. The number of halogens is 1. The summed E-state index contributed by atoms with van der Waals surface area (Å²) in [7, 11) is -2.56. The van der Waals surface area contributed by atoms with E-state index in [2.05, 4.69) is 4.72 Å². The molecule has 0 aromatic heterocycles. The molecule has 1 rings (SSSR count). The monoisotopic (exact) mass is 363 g/mol. The highest BCUT2D eigenvalue weighted by Gasteiger charge is 2.25. The van der Waals surface area contributed by atoms with E-state index in [4.69, 9.17) is 21.1 Å². The Morgan fingerprint density at radius 1 is 1.35 bits per heavy atom. The minimum absolute atomic E-state index is 0.114. The average molecular weight is 364 g/mol. The van der Waals surface area contributed by atoms with Gasteiger partial charge in [0, 0.05) is 18.1 Å². The van der Waals surface area contributed by atoms with Gasteiger partial charge in [0.2, 0.25) is 5.91 Å². The van der Waals surface area contributed by atoms with Crippen molar-refractivity contribution >= 4 is 27.5 Å². The van der Waals surface area contributed by atoms with Crippen LogP contribution in [-0.4, -0.2) is 34.1 Å². The lowest BCUT2D eigenvalue weighted by atomic mass is 10.1. The molecule has 0 heterocycles. The minimum atomic E-state index is -4.08. The van der Waals surface area contributed by atoms with Crippen molar-refractivity contribution in [2.24, 2.45) is 5.92 Å². The molecule has 8 heteroatoms. The van der Waals surface area contributed by atoms with E-state index in [0.717, 1.165) is 0 Å². The molecule has 1 N–H and O–H groups in total. The van der Waals surface area contributed by atoms with Gasteiger partial charge >= 0.3 is 0 Å². The highest BCUT2D eigenvalue weighted by molar-refractivity contribution is 7.90. The number of ether oxygens (including phenoxy) is 2. The molecule has 0 bridgehead atoms. The Morgan fingerprint density at radius 3 is 2.57 bits per heavy atom. The molecule has 130 valence electrons. The molecule has 2 atom stereocenters. The highest BCUT2D eigenvalue weighted by Crippen LogP contribution is 2.28. The standard InChI is InChI=1S/C15H22ClNO5S/c1-5-10(2)15(18)17-23(19,20)14-8-12(16)6-7-13(14)22-11(3)9-21-4/h6-8,10-11H,5,9H2,1-4H3,(H,17,18). The van der Waals surface area contributed by atoms with Crippen LogP contribution in [0.25, 0.3) is 0 Å². The van der Waals surface area contributed by atoms with Crippen molar-refractivity contribution in [3.8, 4) is 5.75 Å². The van der Waals surface area contributed by atoms with E-state index in [9.17, 15) is 13.2 Å². The fraction of sp³-hybridized carbons (Fsp3) is 0.533. The van der Waals surface area contributed by atoms with E-state index in [-0.39, 0.29) is 21.8 Å². The van der Waals surface area contributed by atoms with Crippen LogP contribution >= 0.6 is 11.6 Å². The maximum Gasteiger partial charge on any atom is 0.267 e. The molecular weight excluding hydrogens is 342 g/mol. The Balaban J connectivity index is 3.13. The molecule has 2 unspecified atom stereocenters. The second kappa shape index (κ2) is 8.52. The third-order valence-corrected chi connectivity index (χ3v) is 4.82. The number of sulfonamides is 1. The SMILES string of the molecule is CCC(C)C(=O)NS(=O)(=O)c1cc(Cl)ccc1OC(C)COC. The molecule has 0 saturated heterocycles. The van der Waals surface area contributed by atoms with Gasteiger partial charge in [-0.3, -0.25) is 4.79 Å². The summed E-state index contributed by atoms with van der Waals surface area (Å²) >= 11 is 5.89. The summed E-state index contributed by atoms with van der Waals surface area (Å²) in [5.41, 5.74) is 0. The molecule has 0 radical (unpaired) electrons. The van der Waals surface area contributed by atoms with Crippen LogP contribution in [0.2, 0.25) is 5.02 Å². The molecule has 23 heavy (non-hydrogen) atoms. The molecule has 0 saturated carbocycles. The van der Waals surface area contributed by atoms with Gasteiger partial charge in [-0.15, -0.1) is 0 Å². The summed E-state index contributed by atoms with van der Waals surface area (Å²) in [6, 6.07) is 4.23. The van der Waals surface area contributed by atoms with Crippen molar-refractivity contribution in [2.45, 2.75) is 38.2 Å². The van der Waals surface area contributed by atoms with Crippen LogP contribution in [0.1, 0.15) is 27.2 Å². The van der Waals surface area contributed by atoms with Gasteiger partial charge in [-0.1, -0.05) is 25.4 Å². The Labute approximate surface area is 142 Å². The fourth-order valence-corrected chi connectivity index (χ4v) is 3.22. The smallest absolute Gasteiger partial charge is 0.267 e. The summed E-state index contributed by atoms with van der Waals surface area (Å²) in [6.45, 7) is 5.49. The molecule has 0 aliphatic carbocycles. The first-order chi connectivity index (χ1) is 10.7. The molecule has 1 amide bonds. The van der Waals surface area contributed by atoms with Crippen molar-refractivity contribution in [1.82, 2.24) is 4.72 Å². The Hall–Kier alpha value is -1.31. The third kappa shape index (κ3) is 5.67. The molecule has 0 aliphatic rings. The van der Waals surface area contributed by atoms with Crippen LogP contribution in [0.5, 0.6) is 5.75 Å². The van der Waals surface area contributed by atoms with Crippen molar-refractivity contribution in [3.05, 3.63) is 23.2 Å². The van der Waals surface area contributed by atoms with E-state index in [0.29, 0.717) is 13.0 Å². The van der Waals surface area contributed by atoms with E-state index in [1.54, 1.807) is 20.8 Å². The third-order valence-electron chi connectivity index (χ3n) is 3.22. The number of methoxy groups -OCH3 is 1. The second-order valence-corrected chi connectivity index (χ2v) is 7.34. The summed E-state index contributed by atoms with van der Waals surface area (Å²) in [6.07, 6.45) is 0.172. The molecule has 6 nitrogen and oxygen atoms in total. The van der Waals surface area contributed by atoms with Crippen LogP contribution in [0, 0.1) is 5.92 Å². The highest BCUT2D eigenvalue weighted by atomic mass is 35.5. The zero-order valence-electron chi connectivity index (χ0n) is 13.6. The van der Waals surface area contributed by atoms with E-state index >= 15 is 0 Å². The first-order valence-corrected chi connectivity index (χ1v) is 9.09. The first-order valence-electron chi connectivity index (χ1n) is 7.23. The maximum atomic E-state index is 12.5. The van der Waals surface area contributed by atoms with Gasteiger partial charge in [0.25, 0.3) is 10.0 Å². The number of amides is 1. The first kappa shape index (κ1) is 19.7. The lowest BCUT2D eigenvalue weighted by Crippen LogP contribution is -2.35. The second-order valence-electron chi connectivity index (χ2n) is 5.25. The molecule has 0 fully saturated rings. The van der Waals surface area contributed by atoms with Gasteiger partial charge < -0.3 is 9.47 Å². The van der Waals surface area contributed by atoms with Gasteiger partial charge in [0.05, 0.1) is 6.61 Å². The Bertz CT molecular complexity index is 647. The zero-order chi connectivity index (χ0) is 17.6. The minimum Gasteiger partial charge on any atom is -0.487 e. The van der Waals surface area contributed by atoms with Crippen LogP contribution in [0.4, 0.5) is 0 Å². The molecule has 0 aliphatic heterocycles. The topological polar surface area (TPSA) is 81.7 Å². The van der Waals surface area contributed by atoms with Crippen LogP contribution in [0.3, 0.4) is 0 Å². The van der Waals surface area contributed by atoms with Gasteiger partial charge in [0.15, 0.2) is 0 Å². The Morgan fingerprint density at radius 2 is 2.00 bits per heavy atom. The van der Waals surface area contributed by atoms with Crippen LogP contribution in [0.15, 0.2) is 23.1 Å². The van der Waals surface area contributed by atoms with Crippen molar-refractivity contribution in [1.29, 1.82) is 0 Å². The van der Waals surface area contributed by atoms with E-state index < -0.39 is 21.8 Å². The summed E-state index contributed by atoms with van der Waals surface area (Å²) in [5.74, 6) is -0.868. The fourth-order valence-electron chi connectivity index (χ4n) is 1.75. The lowest BCUT2D eigenvalue weighted by molar-refractivity contribution is -0.122. The zero-order valence-corrected chi connectivity index (χ0v) is 15.2. The normalized spacial score (nSPS) is 14.1. The largest absolute Gasteiger partial charge is 0.487 e. The predicted octanol–water partition coefficient (Wildman–Crippen LogP) is 2.60. The number of hydrogen-bond acceptors (Lipinski definition) is 5. The van der Waals surface area contributed by atoms with Crippen molar-refractivity contribution < 1.29 is 22.7 Å². The lowest BCUT2D eigenvalue weighted by Gasteiger charge is -2.18. The number of carbonyl (C=O) groups excluding carboxylic acids is 1. The molecular formula is C15H22ClNO5S. The predicted molar refractivity (Wildman–Crippen MR) is 88.2 cm³/mol. The van der Waals surface area contributed by atoms with E-state index in [1.807, 2.05) is 0 Å². The molecule has 1 aromatic carbocycles. The van der Waals surface area contributed by atoms with E-state index in [1.165, 1.54) is 25.3 Å². The molecule has 1 aromatic rings. The van der Waals surface area contributed by atoms with Crippen molar-refractivity contribution in [2.75, 3.05) is 13.7 Å². The van der Waals surface area contributed by atoms with Crippen LogP contribution in [-0.2, 0) is 19.6 Å². The van der Waals surface area contributed by atoms with Gasteiger partial charge in [-0.05, 0) is 31.5 Å². The van der Waals surface area contributed by atoms with Gasteiger partial charge in [0.1, 0.15) is 16.7 Å². The van der Waals surface area contributed by atoms with Gasteiger partial charge in [-0.2, -0.15) is 0 Å². The molecule has 0 spiro atoms. The number of nitrogens with one attached hydrogen (secondary N) is 1. The quantitative estimate of drug-likeness (QED) is 0.767. The number of carbonyl (C=O) groups is 1. The number of hydrogen-bond donors (Lipinski definition) is 1. The summed E-state index contributed by atoms with van der Waals surface area (Å²) in [5, 5.41) is 0.230. The number of rotatable bonds is 8. The number of benzene rings is 1. The summed E-state index contributed by atoms with van der Waals surface area (Å²) in [4.78, 5) is 11.7. The van der Waals surface area contributed by atoms with Gasteiger partial charge in [-0.25, -0.2) is 13.1 Å². The summed E-state index contributed by atoms with van der Waals surface area (Å²) < 4.78 is 37.6. The maximum absolute atomic E-state index is 12.5. The van der Waals surface area contributed by atoms with Crippen LogP contribution < -0.4 is 9.46 Å². The Kier molecular flexibility index (Phi) is 7.31.